The van der Waals surface area contributed by atoms with Gasteiger partial charge in [-0.05, 0) is 42.2 Å². The third-order valence-electron chi connectivity index (χ3n) is 4.65. The van der Waals surface area contributed by atoms with Gasteiger partial charge in [-0.1, -0.05) is 32.0 Å². The predicted molar refractivity (Wildman–Crippen MR) is 106 cm³/mol. The number of nitrogens with one attached hydrogen (secondary N) is 1. The Morgan fingerprint density at radius 3 is 2.63 bits per heavy atom. The van der Waals surface area contributed by atoms with Gasteiger partial charge in [0.25, 0.3) is 10.0 Å². The fourth-order valence-corrected chi connectivity index (χ4v) is 4.38. The number of benzene rings is 2. The standard InChI is InChI=1S/C20H24N2O4S/c1-13(2)17-7-5-6-14(3)20(17)21-27(24,25)16-8-9-19-18(12-16)22(15(4)23)10-11-26-19/h5-9,12-13,21H,10-11H2,1-4H3. The average Bonchev–Trinajstić information content (AvgIpc) is 2.62. The number of amides is 1. The minimum Gasteiger partial charge on any atom is -0.490 e. The zero-order chi connectivity index (χ0) is 19.8. The largest absolute Gasteiger partial charge is 0.490 e. The number of hydrogen-bond donors (Lipinski definition) is 1. The number of para-hydroxylation sites is 1. The smallest absolute Gasteiger partial charge is 0.261 e. The number of nitrogens with zero attached hydrogens (tertiary/aromatic N) is 1. The minimum absolute atomic E-state index is 0.0935. The van der Waals surface area contributed by atoms with E-state index >= 15 is 0 Å². The number of rotatable bonds is 4. The van der Waals surface area contributed by atoms with Crippen molar-refractivity contribution in [3.05, 3.63) is 47.5 Å². The van der Waals surface area contributed by atoms with Crippen LogP contribution in [-0.2, 0) is 14.8 Å². The summed E-state index contributed by atoms with van der Waals surface area (Å²) in [6.07, 6.45) is 0. The van der Waals surface area contributed by atoms with Gasteiger partial charge in [-0.2, -0.15) is 0 Å². The molecular formula is C20H24N2O4S. The highest BCUT2D eigenvalue weighted by Gasteiger charge is 2.25. The molecule has 0 aliphatic carbocycles. The lowest BCUT2D eigenvalue weighted by Gasteiger charge is -2.29. The van der Waals surface area contributed by atoms with Crippen molar-refractivity contribution < 1.29 is 17.9 Å². The van der Waals surface area contributed by atoms with Crippen LogP contribution in [0.5, 0.6) is 5.75 Å². The van der Waals surface area contributed by atoms with Crippen LogP contribution in [0, 0.1) is 6.92 Å². The molecule has 6 nitrogen and oxygen atoms in total. The normalized spacial score (nSPS) is 13.9. The van der Waals surface area contributed by atoms with E-state index in [9.17, 15) is 13.2 Å². The van der Waals surface area contributed by atoms with E-state index in [-0.39, 0.29) is 16.7 Å². The van der Waals surface area contributed by atoms with Crippen LogP contribution in [0.2, 0.25) is 0 Å². The van der Waals surface area contributed by atoms with Crippen LogP contribution in [0.3, 0.4) is 0 Å². The first-order valence-corrected chi connectivity index (χ1v) is 10.4. The summed E-state index contributed by atoms with van der Waals surface area (Å²) in [5.41, 5.74) is 2.87. The Morgan fingerprint density at radius 1 is 1.22 bits per heavy atom. The Labute approximate surface area is 160 Å². The van der Waals surface area contributed by atoms with Crippen LogP contribution in [0.15, 0.2) is 41.3 Å². The molecule has 0 aromatic heterocycles. The van der Waals surface area contributed by atoms with Gasteiger partial charge in [-0.3, -0.25) is 9.52 Å². The predicted octanol–water partition coefficient (Wildman–Crippen LogP) is 3.66. The van der Waals surface area contributed by atoms with Gasteiger partial charge >= 0.3 is 0 Å². The molecule has 0 saturated carbocycles. The van der Waals surface area contributed by atoms with E-state index in [1.807, 2.05) is 39.0 Å². The van der Waals surface area contributed by atoms with Crippen LogP contribution in [0.25, 0.3) is 0 Å². The number of sulfonamides is 1. The number of carbonyl (C=O) groups excluding carboxylic acids is 1. The summed E-state index contributed by atoms with van der Waals surface area (Å²) in [5.74, 6) is 0.532. The molecule has 0 atom stereocenters. The zero-order valence-corrected chi connectivity index (χ0v) is 16.8. The third kappa shape index (κ3) is 3.78. The molecule has 1 N–H and O–H groups in total. The van der Waals surface area contributed by atoms with Gasteiger partial charge < -0.3 is 9.64 Å². The highest BCUT2D eigenvalue weighted by molar-refractivity contribution is 7.92. The Morgan fingerprint density at radius 2 is 1.96 bits per heavy atom. The van der Waals surface area contributed by atoms with Gasteiger partial charge in [0.1, 0.15) is 12.4 Å². The number of aryl methyl sites for hydroxylation is 1. The lowest BCUT2D eigenvalue weighted by Crippen LogP contribution is -2.36. The van der Waals surface area contributed by atoms with Crippen LogP contribution < -0.4 is 14.4 Å². The Hall–Kier alpha value is -2.54. The van der Waals surface area contributed by atoms with E-state index < -0.39 is 10.0 Å². The van der Waals surface area contributed by atoms with Crippen molar-refractivity contribution in [3.63, 3.8) is 0 Å². The molecule has 0 radical (unpaired) electrons. The van der Waals surface area contributed by atoms with Gasteiger partial charge in [0.05, 0.1) is 22.8 Å². The first kappa shape index (κ1) is 19.2. The molecule has 1 heterocycles. The van der Waals surface area contributed by atoms with Crippen molar-refractivity contribution in [2.75, 3.05) is 22.8 Å². The maximum atomic E-state index is 13.0. The van der Waals surface area contributed by atoms with Gasteiger partial charge in [0, 0.05) is 6.92 Å². The molecule has 0 spiro atoms. The topological polar surface area (TPSA) is 75.7 Å². The summed E-state index contributed by atoms with van der Waals surface area (Å²) < 4.78 is 34.4. The molecule has 0 saturated heterocycles. The SMILES string of the molecule is CC(=O)N1CCOc2ccc(S(=O)(=O)Nc3c(C)cccc3C(C)C)cc21. The van der Waals surface area contributed by atoms with Crippen molar-refractivity contribution in [2.45, 2.75) is 38.5 Å². The highest BCUT2D eigenvalue weighted by Crippen LogP contribution is 2.35. The maximum absolute atomic E-state index is 13.0. The van der Waals surface area contributed by atoms with Crippen molar-refractivity contribution in [1.29, 1.82) is 0 Å². The van der Waals surface area contributed by atoms with Crippen molar-refractivity contribution in [2.24, 2.45) is 0 Å². The van der Waals surface area contributed by atoms with E-state index in [4.69, 9.17) is 4.74 Å². The van der Waals surface area contributed by atoms with Gasteiger partial charge in [-0.25, -0.2) is 8.42 Å². The molecule has 0 bridgehead atoms. The average molecular weight is 388 g/mol. The van der Waals surface area contributed by atoms with Crippen LogP contribution in [0.4, 0.5) is 11.4 Å². The van der Waals surface area contributed by atoms with Gasteiger partial charge in [-0.15, -0.1) is 0 Å². The molecule has 27 heavy (non-hydrogen) atoms. The first-order chi connectivity index (χ1) is 12.7. The van der Waals surface area contributed by atoms with Crippen molar-refractivity contribution in [3.8, 4) is 5.75 Å². The number of anilines is 2. The van der Waals surface area contributed by atoms with E-state index in [2.05, 4.69) is 4.72 Å². The summed E-state index contributed by atoms with van der Waals surface area (Å²) in [6, 6.07) is 10.3. The molecule has 2 aromatic carbocycles. The second-order valence-electron chi connectivity index (χ2n) is 6.95. The van der Waals surface area contributed by atoms with Crippen molar-refractivity contribution >= 4 is 27.3 Å². The molecule has 144 valence electrons. The summed E-state index contributed by atoms with van der Waals surface area (Å²) in [6.45, 7) is 8.16. The molecule has 1 amide bonds. The Balaban J connectivity index is 2.02. The van der Waals surface area contributed by atoms with Crippen LogP contribution >= 0.6 is 0 Å². The maximum Gasteiger partial charge on any atom is 0.261 e. The van der Waals surface area contributed by atoms with Crippen LogP contribution in [0.1, 0.15) is 37.8 Å². The number of carbonyl (C=O) groups is 1. The lowest BCUT2D eigenvalue weighted by atomic mass is 9.99. The molecule has 7 heteroatoms. The van der Waals surface area contributed by atoms with E-state index in [1.165, 1.54) is 24.0 Å². The minimum atomic E-state index is -3.82. The fraction of sp³-hybridized carbons (Fsp3) is 0.350. The molecular weight excluding hydrogens is 364 g/mol. The second-order valence-corrected chi connectivity index (χ2v) is 8.63. The fourth-order valence-electron chi connectivity index (χ4n) is 3.20. The third-order valence-corrected chi connectivity index (χ3v) is 5.99. The van der Waals surface area contributed by atoms with Crippen molar-refractivity contribution in [1.82, 2.24) is 0 Å². The zero-order valence-electron chi connectivity index (χ0n) is 15.9. The molecule has 1 aliphatic heterocycles. The van der Waals surface area contributed by atoms with E-state index in [0.29, 0.717) is 30.3 Å². The van der Waals surface area contributed by atoms with Crippen LogP contribution in [-0.4, -0.2) is 27.5 Å². The molecule has 0 unspecified atom stereocenters. The monoisotopic (exact) mass is 388 g/mol. The summed E-state index contributed by atoms with van der Waals surface area (Å²) in [4.78, 5) is 13.5. The lowest BCUT2D eigenvalue weighted by molar-refractivity contribution is -0.116. The second kappa shape index (κ2) is 7.23. The summed E-state index contributed by atoms with van der Waals surface area (Å²) >= 11 is 0. The number of ether oxygens (including phenoxy) is 1. The summed E-state index contributed by atoms with van der Waals surface area (Å²) in [7, 11) is -3.82. The summed E-state index contributed by atoms with van der Waals surface area (Å²) in [5, 5.41) is 0. The molecule has 2 aromatic rings. The van der Waals surface area contributed by atoms with E-state index in [0.717, 1.165) is 11.1 Å². The molecule has 1 aliphatic rings. The number of hydrogen-bond acceptors (Lipinski definition) is 4. The first-order valence-electron chi connectivity index (χ1n) is 8.88. The quantitative estimate of drug-likeness (QED) is 0.867. The molecule has 0 fully saturated rings. The Bertz CT molecular complexity index is 983. The molecule has 3 rings (SSSR count). The van der Waals surface area contributed by atoms with Gasteiger partial charge in [0.2, 0.25) is 5.91 Å². The number of fused-ring (bicyclic) bond motifs is 1. The highest BCUT2D eigenvalue weighted by atomic mass is 32.2. The Kier molecular flexibility index (Phi) is 5.15. The van der Waals surface area contributed by atoms with E-state index in [1.54, 1.807) is 6.07 Å². The van der Waals surface area contributed by atoms with Gasteiger partial charge in [0.15, 0.2) is 0 Å².